The molecule has 0 atom stereocenters. The normalized spacial score (nSPS) is 11.2. The molecule has 0 bridgehead atoms. The standard InChI is InChI=1S/C72H116O15/c1-5-7-9-11-13-15-18-22-26-30-43-81-66-38-34-63(35-39-66)60-86-69-59-65(72(75)85-57-56-80-55-54-79-53-52-78-51-50-77-49-48-76-47-42-73)58-68(83-45-32-28-24-20-17-21-25-29-33-46-84-71(74)62(3)4)70(69)87-61-64-36-40-67(41-37-64)82-44-31-27-23-19-16-14-12-10-8-6-2/h34-41,58-59,73H,3,5-33,42-57,60-61H2,1-2,4H3. The molecule has 0 heterocycles. The molecule has 0 aromatic heterocycles. The van der Waals surface area contributed by atoms with Gasteiger partial charge in [-0.25, -0.2) is 9.59 Å². The van der Waals surface area contributed by atoms with E-state index < -0.39 is 5.97 Å². The zero-order chi connectivity index (χ0) is 62.1. The van der Waals surface area contributed by atoms with Gasteiger partial charge in [-0.05, 0) is 80.1 Å². The Morgan fingerprint density at radius 3 is 1.09 bits per heavy atom. The third kappa shape index (κ3) is 41.9. The number of unbranched alkanes of at least 4 members (excludes halogenated alkanes) is 26. The zero-order valence-corrected chi connectivity index (χ0v) is 54.4. The van der Waals surface area contributed by atoms with Gasteiger partial charge in [0.25, 0.3) is 0 Å². The van der Waals surface area contributed by atoms with E-state index in [1.165, 1.54) is 116 Å². The van der Waals surface area contributed by atoms with Crippen LogP contribution in [0.3, 0.4) is 0 Å². The fourth-order valence-electron chi connectivity index (χ4n) is 9.53. The third-order valence-corrected chi connectivity index (χ3v) is 14.7. The van der Waals surface area contributed by atoms with Gasteiger partial charge in [-0.2, -0.15) is 0 Å². The molecule has 0 aliphatic carbocycles. The molecule has 0 saturated heterocycles. The average molecular weight is 1220 g/mol. The number of carbonyl (C=O) groups excluding carboxylic acids is 2. The first-order chi connectivity index (χ1) is 42.8. The molecule has 87 heavy (non-hydrogen) atoms. The predicted molar refractivity (Wildman–Crippen MR) is 347 cm³/mol. The van der Waals surface area contributed by atoms with Gasteiger partial charge >= 0.3 is 11.9 Å². The van der Waals surface area contributed by atoms with Crippen molar-refractivity contribution in [3.8, 4) is 28.7 Å². The van der Waals surface area contributed by atoms with Crippen molar-refractivity contribution >= 4 is 11.9 Å². The highest BCUT2D eigenvalue weighted by Crippen LogP contribution is 2.41. The van der Waals surface area contributed by atoms with E-state index in [1.807, 2.05) is 48.5 Å². The molecule has 3 aromatic carbocycles. The van der Waals surface area contributed by atoms with Crippen molar-refractivity contribution in [1.82, 2.24) is 0 Å². The maximum atomic E-state index is 13.8. The van der Waals surface area contributed by atoms with Crippen LogP contribution in [0.15, 0.2) is 72.8 Å². The van der Waals surface area contributed by atoms with Gasteiger partial charge in [-0.15, -0.1) is 0 Å². The molecule has 0 spiro atoms. The minimum Gasteiger partial charge on any atom is -0.494 e. The minimum atomic E-state index is -0.542. The second-order valence-corrected chi connectivity index (χ2v) is 22.6. The Labute approximate surface area is 525 Å². The first-order valence-electron chi connectivity index (χ1n) is 33.8. The van der Waals surface area contributed by atoms with Gasteiger partial charge in [0.2, 0.25) is 5.75 Å². The third-order valence-electron chi connectivity index (χ3n) is 14.7. The van der Waals surface area contributed by atoms with Gasteiger partial charge in [-0.1, -0.05) is 205 Å². The molecule has 15 heteroatoms. The van der Waals surface area contributed by atoms with Crippen LogP contribution < -0.4 is 23.7 Å². The summed E-state index contributed by atoms with van der Waals surface area (Å²) in [6.45, 7) is 16.3. The van der Waals surface area contributed by atoms with Gasteiger partial charge < -0.3 is 61.9 Å². The Balaban J connectivity index is 1.64. The van der Waals surface area contributed by atoms with E-state index >= 15 is 0 Å². The van der Waals surface area contributed by atoms with Crippen LogP contribution in [0.25, 0.3) is 0 Å². The lowest BCUT2D eigenvalue weighted by Gasteiger charge is -2.19. The topological polar surface area (TPSA) is 165 Å². The fourth-order valence-corrected chi connectivity index (χ4v) is 9.53. The highest BCUT2D eigenvalue weighted by molar-refractivity contribution is 5.91. The number of aliphatic hydroxyl groups is 1. The number of ether oxygens (including phenoxy) is 12. The lowest BCUT2D eigenvalue weighted by atomic mass is 10.1. The Kier molecular flexibility index (Phi) is 48.4. The van der Waals surface area contributed by atoms with E-state index in [-0.39, 0.29) is 44.6 Å². The molecule has 1 N–H and O–H groups in total. The summed E-state index contributed by atoms with van der Waals surface area (Å²) < 4.78 is 70.5. The average Bonchev–Trinajstić information content (AvgIpc) is 1.89. The largest absolute Gasteiger partial charge is 0.494 e. The summed E-state index contributed by atoms with van der Waals surface area (Å²) in [5.41, 5.74) is 2.57. The van der Waals surface area contributed by atoms with Crippen LogP contribution >= 0.6 is 0 Å². The number of aliphatic hydroxyl groups excluding tert-OH is 1. The Hall–Kier alpha value is -4.90. The summed E-state index contributed by atoms with van der Waals surface area (Å²) in [4.78, 5) is 25.5. The smallest absolute Gasteiger partial charge is 0.338 e. The Morgan fingerprint density at radius 2 is 0.701 bits per heavy atom. The summed E-state index contributed by atoms with van der Waals surface area (Å²) >= 11 is 0. The van der Waals surface area contributed by atoms with Crippen molar-refractivity contribution in [2.24, 2.45) is 0 Å². The molecule has 0 amide bonds. The van der Waals surface area contributed by atoms with E-state index in [9.17, 15) is 9.59 Å². The maximum absolute atomic E-state index is 13.8. The maximum Gasteiger partial charge on any atom is 0.338 e. The second-order valence-electron chi connectivity index (χ2n) is 22.6. The minimum absolute atomic E-state index is 0.00424. The molecule has 0 fully saturated rings. The second kappa shape index (κ2) is 55.2. The van der Waals surface area contributed by atoms with Gasteiger partial charge in [0.05, 0.1) is 105 Å². The SMILES string of the molecule is C=C(C)C(=O)OCCCCCCCCCCCOc1cc(C(=O)OCCOCCOCCOCCOCCOCCO)cc(OCc2ccc(OCCCCCCCCCCCC)cc2)c1OCc1ccc(OCCCCCCCCCCCC)cc1. The number of esters is 2. The van der Waals surface area contributed by atoms with Gasteiger partial charge in [0.15, 0.2) is 11.5 Å². The lowest BCUT2D eigenvalue weighted by molar-refractivity contribution is -0.139. The monoisotopic (exact) mass is 1220 g/mol. The Bertz CT molecular complexity index is 2100. The van der Waals surface area contributed by atoms with Crippen molar-refractivity contribution in [3.05, 3.63) is 89.5 Å². The summed E-state index contributed by atoms with van der Waals surface area (Å²) in [7, 11) is 0. The van der Waals surface area contributed by atoms with Crippen molar-refractivity contribution in [2.75, 3.05) is 106 Å². The number of rotatable bonds is 62. The van der Waals surface area contributed by atoms with Gasteiger partial charge in [-0.3, -0.25) is 0 Å². The number of carbonyl (C=O) groups is 2. The van der Waals surface area contributed by atoms with Gasteiger partial charge in [0.1, 0.15) is 31.3 Å². The molecule has 0 unspecified atom stereocenters. The highest BCUT2D eigenvalue weighted by Gasteiger charge is 2.21. The molecular formula is C72H116O15. The van der Waals surface area contributed by atoms with Crippen LogP contribution in [-0.2, 0) is 51.2 Å². The molecule has 0 aliphatic heterocycles. The first-order valence-corrected chi connectivity index (χ1v) is 33.8. The summed E-state index contributed by atoms with van der Waals surface area (Å²) in [5.74, 6) is 1.95. The highest BCUT2D eigenvalue weighted by atomic mass is 16.6. The van der Waals surface area contributed by atoms with Crippen molar-refractivity contribution in [1.29, 1.82) is 0 Å². The van der Waals surface area contributed by atoms with Crippen LogP contribution in [0.4, 0.5) is 0 Å². The van der Waals surface area contributed by atoms with Crippen molar-refractivity contribution in [2.45, 2.75) is 220 Å². The molecule has 0 saturated carbocycles. The van der Waals surface area contributed by atoms with Crippen LogP contribution in [0.5, 0.6) is 28.7 Å². The van der Waals surface area contributed by atoms with E-state index in [0.29, 0.717) is 109 Å². The van der Waals surface area contributed by atoms with E-state index in [4.69, 9.17) is 61.9 Å². The number of hydrogen-bond acceptors (Lipinski definition) is 15. The van der Waals surface area contributed by atoms with E-state index in [1.54, 1.807) is 19.1 Å². The molecular weight excluding hydrogens is 1100 g/mol. The molecule has 3 aromatic rings. The molecule has 3 rings (SSSR count). The zero-order valence-electron chi connectivity index (χ0n) is 54.4. The number of hydrogen-bond donors (Lipinski definition) is 1. The first kappa shape index (κ1) is 76.3. The molecule has 494 valence electrons. The van der Waals surface area contributed by atoms with Crippen LogP contribution in [0, 0.1) is 0 Å². The van der Waals surface area contributed by atoms with Crippen LogP contribution in [0.1, 0.15) is 228 Å². The predicted octanol–water partition coefficient (Wildman–Crippen LogP) is 16.7. The van der Waals surface area contributed by atoms with E-state index in [0.717, 1.165) is 93.3 Å². The van der Waals surface area contributed by atoms with Crippen LogP contribution in [0.2, 0.25) is 0 Å². The summed E-state index contributed by atoms with van der Waals surface area (Å²) in [5, 5.41) is 8.76. The molecule has 0 aliphatic rings. The quantitative estimate of drug-likeness (QED) is 0.0322. The van der Waals surface area contributed by atoms with Crippen molar-refractivity contribution in [3.63, 3.8) is 0 Å². The molecule has 0 radical (unpaired) electrons. The van der Waals surface area contributed by atoms with E-state index in [2.05, 4.69) is 20.4 Å². The lowest BCUT2D eigenvalue weighted by Crippen LogP contribution is -2.15. The summed E-state index contributed by atoms with van der Waals surface area (Å²) in [6, 6.07) is 19.4. The molecule has 15 nitrogen and oxygen atoms in total. The van der Waals surface area contributed by atoms with Gasteiger partial charge in [0, 0.05) is 5.57 Å². The Morgan fingerprint density at radius 1 is 0.368 bits per heavy atom. The fraction of sp³-hybridized carbons (Fsp3) is 0.694. The van der Waals surface area contributed by atoms with Crippen LogP contribution in [-0.4, -0.2) is 123 Å². The number of benzene rings is 3. The van der Waals surface area contributed by atoms with Crippen molar-refractivity contribution < 1.29 is 71.5 Å². The summed E-state index contributed by atoms with van der Waals surface area (Å²) in [6.07, 6.45) is 34.9.